The zero-order chi connectivity index (χ0) is 13.3. The molecule has 0 aliphatic carbocycles. The van der Waals surface area contributed by atoms with Crippen LogP contribution in [0.4, 0.5) is 4.39 Å². The van der Waals surface area contributed by atoms with Gasteiger partial charge in [0, 0.05) is 20.7 Å². The second kappa shape index (κ2) is 4.99. The van der Waals surface area contributed by atoms with Crippen molar-refractivity contribution in [1.29, 1.82) is 0 Å². The summed E-state index contributed by atoms with van der Waals surface area (Å²) in [6.45, 7) is 0. The van der Waals surface area contributed by atoms with E-state index in [-0.39, 0.29) is 10.7 Å². The van der Waals surface area contributed by atoms with Gasteiger partial charge >= 0.3 is 0 Å². The molecule has 18 heavy (non-hydrogen) atoms. The number of rotatable bonds is 2. The molecule has 94 valence electrons. The van der Waals surface area contributed by atoms with E-state index in [1.54, 1.807) is 12.1 Å². The summed E-state index contributed by atoms with van der Waals surface area (Å²) in [4.78, 5) is -0.00886. The van der Waals surface area contributed by atoms with Gasteiger partial charge in [-0.15, -0.1) is 0 Å². The van der Waals surface area contributed by atoms with Crippen LogP contribution in [0.15, 0.2) is 51.8 Å². The third-order valence-electron chi connectivity index (χ3n) is 2.38. The molecule has 0 fully saturated rings. The van der Waals surface area contributed by atoms with E-state index in [0.717, 1.165) is 0 Å². The van der Waals surface area contributed by atoms with Crippen LogP contribution >= 0.6 is 26.6 Å². The summed E-state index contributed by atoms with van der Waals surface area (Å²) in [6.07, 6.45) is 0. The van der Waals surface area contributed by atoms with Crippen molar-refractivity contribution in [2.24, 2.45) is 0 Å². The van der Waals surface area contributed by atoms with Gasteiger partial charge in [-0.1, -0.05) is 34.1 Å². The predicted molar refractivity (Wildman–Crippen MR) is 72.6 cm³/mol. The monoisotopic (exact) mass is 348 g/mol. The van der Waals surface area contributed by atoms with Gasteiger partial charge in [0.25, 0.3) is 9.05 Å². The van der Waals surface area contributed by atoms with Crippen molar-refractivity contribution >= 4 is 35.7 Å². The van der Waals surface area contributed by atoms with Gasteiger partial charge < -0.3 is 0 Å². The summed E-state index contributed by atoms with van der Waals surface area (Å²) >= 11 is 3.17. The lowest BCUT2D eigenvalue weighted by Gasteiger charge is -2.04. The van der Waals surface area contributed by atoms with Crippen LogP contribution in [0.5, 0.6) is 0 Å². The van der Waals surface area contributed by atoms with Gasteiger partial charge in [0.05, 0.1) is 4.90 Å². The molecule has 0 N–H and O–H groups in total. The quantitative estimate of drug-likeness (QED) is 0.762. The number of hydrogen-bond acceptors (Lipinski definition) is 2. The summed E-state index contributed by atoms with van der Waals surface area (Å²) in [5.74, 6) is -0.383. The Morgan fingerprint density at radius 2 is 1.67 bits per heavy atom. The van der Waals surface area contributed by atoms with Crippen LogP contribution in [0.1, 0.15) is 0 Å². The summed E-state index contributed by atoms with van der Waals surface area (Å²) in [6, 6.07) is 10.4. The van der Waals surface area contributed by atoms with Crippen molar-refractivity contribution in [2.75, 3.05) is 0 Å². The van der Waals surface area contributed by atoms with Gasteiger partial charge in [0.15, 0.2) is 0 Å². The van der Waals surface area contributed by atoms with Crippen molar-refractivity contribution in [3.05, 3.63) is 52.8 Å². The third-order valence-corrected chi connectivity index (χ3v) is 4.24. The van der Waals surface area contributed by atoms with Gasteiger partial charge in [-0.25, -0.2) is 12.8 Å². The van der Waals surface area contributed by atoms with E-state index < -0.39 is 9.05 Å². The molecular formula is C12H7BrClFO2S. The first-order chi connectivity index (χ1) is 8.38. The molecule has 0 aliphatic rings. The lowest BCUT2D eigenvalue weighted by Crippen LogP contribution is -1.90. The van der Waals surface area contributed by atoms with E-state index >= 15 is 0 Å². The lowest BCUT2D eigenvalue weighted by molar-refractivity contribution is 0.609. The SMILES string of the molecule is O=S(=O)(Cl)c1ccc(-c2ccc(Br)cc2F)cc1. The highest BCUT2D eigenvalue weighted by atomic mass is 79.9. The average molecular weight is 350 g/mol. The molecule has 2 aromatic rings. The fourth-order valence-electron chi connectivity index (χ4n) is 1.52. The summed E-state index contributed by atoms with van der Waals surface area (Å²) in [5.41, 5.74) is 0.987. The zero-order valence-electron chi connectivity index (χ0n) is 8.90. The zero-order valence-corrected chi connectivity index (χ0v) is 12.1. The molecule has 2 nitrogen and oxygen atoms in total. The van der Waals surface area contributed by atoms with Crippen molar-refractivity contribution in [3.63, 3.8) is 0 Å². The van der Waals surface area contributed by atoms with E-state index in [1.165, 1.54) is 30.3 Å². The van der Waals surface area contributed by atoms with Crippen molar-refractivity contribution in [1.82, 2.24) is 0 Å². The van der Waals surface area contributed by atoms with Gasteiger partial charge in [-0.2, -0.15) is 0 Å². The standard InChI is InChI=1S/C12H7BrClFO2S/c13-9-3-6-11(12(15)7-9)8-1-4-10(5-2-8)18(14,16)17/h1-7H. The summed E-state index contributed by atoms with van der Waals surface area (Å²) in [7, 11) is 1.45. The fourth-order valence-corrected chi connectivity index (χ4v) is 2.62. The van der Waals surface area contributed by atoms with Crippen LogP contribution in [-0.2, 0) is 9.05 Å². The Balaban J connectivity index is 2.47. The smallest absolute Gasteiger partial charge is 0.207 e. The highest BCUT2D eigenvalue weighted by Gasteiger charge is 2.11. The topological polar surface area (TPSA) is 34.1 Å². The largest absolute Gasteiger partial charge is 0.261 e. The second-order valence-electron chi connectivity index (χ2n) is 3.59. The summed E-state index contributed by atoms with van der Waals surface area (Å²) in [5, 5.41) is 0. The van der Waals surface area contributed by atoms with Gasteiger partial charge in [-0.05, 0) is 29.8 Å². The molecule has 0 atom stereocenters. The predicted octanol–water partition coefficient (Wildman–Crippen LogP) is 4.18. The van der Waals surface area contributed by atoms with Gasteiger partial charge in [-0.3, -0.25) is 0 Å². The third kappa shape index (κ3) is 2.91. The Bertz CT molecular complexity index is 684. The van der Waals surface area contributed by atoms with E-state index in [1.807, 2.05) is 0 Å². The Hall–Kier alpha value is -0.910. The number of halogens is 3. The molecule has 0 spiro atoms. The van der Waals surface area contributed by atoms with Gasteiger partial charge in [0.1, 0.15) is 5.82 Å². The highest BCUT2D eigenvalue weighted by molar-refractivity contribution is 9.10. The molecule has 0 radical (unpaired) electrons. The number of hydrogen-bond donors (Lipinski definition) is 0. The van der Waals surface area contributed by atoms with Crippen molar-refractivity contribution in [3.8, 4) is 11.1 Å². The highest BCUT2D eigenvalue weighted by Crippen LogP contribution is 2.27. The Morgan fingerprint density at radius 3 is 2.17 bits per heavy atom. The van der Waals surface area contributed by atoms with Gasteiger partial charge in [0.2, 0.25) is 0 Å². The van der Waals surface area contributed by atoms with E-state index in [0.29, 0.717) is 15.6 Å². The molecule has 0 aromatic heterocycles. The maximum atomic E-state index is 13.7. The van der Waals surface area contributed by atoms with Crippen LogP contribution < -0.4 is 0 Å². The molecule has 0 bridgehead atoms. The van der Waals surface area contributed by atoms with Crippen LogP contribution in [0.2, 0.25) is 0 Å². The van der Waals surface area contributed by atoms with E-state index in [9.17, 15) is 12.8 Å². The first kappa shape index (κ1) is 13.5. The molecule has 0 heterocycles. The maximum Gasteiger partial charge on any atom is 0.261 e. The average Bonchev–Trinajstić information content (AvgIpc) is 2.28. The van der Waals surface area contributed by atoms with E-state index in [4.69, 9.17) is 10.7 Å². The Kier molecular flexibility index (Phi) is 3.75. The number of benzene rings is 2. The normalized spacial score (nSPS) is 11.5. The molecule has 2 aromatic carbocycles. The van der Waals surface area contributed by atoms with Crippen molar-refractivity contribution in [2.45, 2.75) is 4.90 Å². The minimum Gasteiger partial charge on any atom is -0.207 e. The Morgan fingerprint density at radius 1 is 1.06 bits per heavy atom. The fraction of sp³-hybridized carbons (Fsp3) is 0. The first-order valence-electron chi connectivity index (χ1n) is 4.88. The molecule has 6 heteroatoms. The van der Waals surface area contributed by atoms with Crippen molar-refractivity contribution < 1.29 is 12.8 Å². The molecular weight excluding hydrogens is 343 g/mol. The summed E-state index contributed by atoms with van der Waals surface area (Å²) < 4.78 is 36.5. The first-order valence-corrected chi connectivity index (χ1v) is 7.98. The van der Waals surface area contributed by atoms with Crippen LogP contribution in [0.25, 0.3) is 11.1 Å². The van der Waals surface area contributed by atoms with Crippen LogP contribution in [-0.4, -0.2) is 8.42 Å². The lowest BCUT2D eigenvalue weighted by atomic mass is 10.1. The van der Waals surface area contributed by atoms with Crippen LogP contribution in [0.3, 0.4) is 0 Å². The Labute approximate surface area is 117 Å². The molecule has 0 saturated heterocycles. The minimum absolute atomic E-state index is 0.00886. The molecule has 0 unspecified atom stereocenters. The van der Waals surface area contributed by atoms with Crippen LogP contribution in [0, 0.1) is 5.82 Å². The molecule has 2 rings (SSSR count). The minimum atomic E-state index is -3.75. The van der Waals surface area contributed by atoms with E-state index in [2.05, 4.69) is 15.9 Å². The molecule has 0 saturated carbocycles. The molecule has 0 amide bonds. The maximum absolute atomic E-state index is 13.7. The second-order valence-corrected chi connectivity index (χ2v) is 7.07. The molecule has 0 aliphatic heterocycles.